The number of carbonyl (C=O) groups is 2. The van der Waals surface area contributed by atoms with Crippen molar-refractivity contribution in [3.05, 3.63) is 48.0 Å². The first-order valence-corrected chi connectivity index (χ1v) is 12.1. The Labute approximate surface area is 187 Å². The van der Waals surface area contributed by atoms with Gasteiger partial charge in [-0.25, -0.2) is 8.42 Å². The molecule has 0 saturated heterocycles. The molecular formula is C22H27N3O6S. The maximum atomic E-state index is 12.5. The largest absolute Gasteiger partial charge is 0.454 e. The summed E-state index contributed by atoms with van der Waals surface area (Å²) in [7, 11) is -3.57. The Morgan fingerprint density at radius 3 is 2.53 bits per heavy atom. The fourth-order valence-corrected chi connectivity index (χ4v) is 4.21. The predicted octanol–water partition coefficient (Wildman–Crippen LogP) is 2.74. The van der Waals surface area contributed by atoms with Crippen molar-refractivity contribution in [3.63, 3.8) is 0 Å². The monoisotopic (exact) mass is 461 g/mol. The average Bonchev–Trinajstić information content (AvgIpc) is 3.18. The zero-order valence-corrected chi connectivity index (χ0v) is 19.1. The molecule has 0 aliphatic carbocycles. The molecule has 2 amide bonds. The first-order valence-electron chi connectivity index (χ1n) is 10.2. The highest BCUT2D eigenvalue weighted by atomic mass is 32.2. The summed E-state index contributed by atoms with van der Waals surface area (Å²) in [5.41, 5.74) is 1.21. The molecule has 3 rings (SSSR count). The smallest absolute Gasteiger partial charge is 0.253 e. The molecule has 1 aliphatic heterocycles. The highest BCUT2D eigenvalue weighted by Crippen LogP contribution is 2.36. The zero-order valence-electron chi connectivity index (χ0n) is 18.3. The highest BCUT2D eigenvalue weighted by Gasteiger charge is 2.22. The van der Waals surface area contributed by atoms with E-state index in [2.05, 4.69) is 10.6 Å². The molecule has 2 aromatic rings. The van der Waals surface area contributed by atoms with Gasteiger partial charge in [-0.05, 0) is 44.5 Å². The van der Waals surface area contributed by atoms with E-state index in [1.165, 1.54) is 4.31 Å². The number of benzene rings is 2. The van der Waals surface area contributed by atoms with Crippen LogP contribution in [0, 0.1) is 0 Å². The van der Waals surface area contributed by atoms with E-state index in [4.69, 9.17) is 9.47 Å². The van der Waals surface area contributed by atoms with Gasteiger partial charge in [0.25, 0.3) is 5.91 Å². The molecule has 0 aromatic heterocycles. The summed E-state index contributed by atoms with van der Waals surface area (Å²) in [6.45, 7) is 3.91. The van der Waals surface area contributed by atoms with Crippen LogP contribution in [0.4, 0.5) is 11.4 Å². The van der Waals surface area contributed by atoms with Crippen LogP contribution in [-0.2, 0) is 14.8 Å². The number of ether oxygens (including phenoxy) is 2. The van der Waals surface area contributed by atoms with Gasteiger partial charge in [0.2, 0.25) is 22.7 Å². The standard InChI is InChI=1S/C22H27N3O6S/c1-15(2)23-22(27)17-7-4-5-8-18(17)24-21(26)9-6-12-25(32(3,28)29)16-10-11-19-20(13-16)31-14-30-19/h4-5,7-8,10-11,13,15H,6,9,12,14H2,1-3H3,(H,23,27)(H,24,26). The Bertz CT molecular complexity index is 1100. The van der Waals surface area contributed by atoms with Gasteiger partial charge in [-0.3, -0.25) is 13.9 Å². The van der Waals surface area contributed by atoms with Gasteiger partial charge >= 0.3 is 0 Å². The fraction of sp³-hybridized carbons (Fsp3) is 0.364. The lowest BCUT2D eigenvalue weighted by Crippen LogP contribution is -2.32. The van der Waals surface area contributed by atoms with E-state index in [1.807, 2.05) is 13.8 Å². The normalized spacial score (nSPS) is 12.5. The number of rotatable bonds is 9. The number of sulfonamides is 1. The number of nitrogens with one attached hydrogen (secondary N) is 2. The number of hydrogen-bond acceptors (Lipinski definition) is 6. The van der Waals surface area contributed by atoms with E-state index >= 15 is 0 Å². The minimum atomic E-state index is -3.57. The third kappa shape index (κ3) is 5.91. The molecule has 172 valence electrons. The summed E-state index contributed by atoms with van der Waals surface area (Å²) in [5, 5.41) is 5.55. The van der Waals surface area contributed by atoms with Crippen molar-refractivity contribution < 1.29 is 27.5 Å². The van der Waals surface area contributed by atoms with Crippen LogP contribution in [0.3, 0.4) is 0 Å². The summed E-state index contributed by atoms with van der Waals surface area (Å²) >= 11 is 0. The van der Waals surface area contributed by atoms with Gasteiger partial charge in [0.05, 0.1) is 23.2 Å². The topological polar surface area (TPSA) is 114 Å². The molecule has 0 spiro atoms. The second-order valence-corrected chi connectivity index (χ2v) is 9.60. The van der Waals surface area contributed by atoms with Gasteiger partial charge in [0.1, 0.15) is 0 Å². The van der Waals surface area contributed by atoms with Gasteiger partial charge in [-0.1, -0.05) is 12.1 Å². The molecule has 32 heavy (non-hydrogen) atoms. The molecule has 0 fully saturated rings. The first-order chi connectivity index (χ1) is 15.1. The molecule has 1 heterocycles. The van der Waals surface area contributed by atoms with Crippen LogP contribution in [0.5, 0.6) is 11.5 Å². The van der Waals surface area contributed by atoms with Crippen LogP contribution >= 0.6 is 0 Å². The summed E-state index contributed by atoms with van der Waals surface area (Å²) in [4.78, 5) is 24.8. The van der Waals surface area contributed by atoms with Crippen LogP contribution in [0.15, 0.2) is 42.5 Å². The predicted molar refractivity (Wildman–Crippen MR) is 122 cm³/mol. The van der Waals surface area contributed by atoms with E-state index in [9.17, 15) is 18.0 Å². The molecule has 0 radical (unpaired) electrons. The van der Waals surface area contributed by atoms with Crippen molar-refractivity contribution in [2.24, 2.45) is 0 Å². The third-order valence-corrected chi connectivity index (χ3v) is 5.87. The molecule has 1 aliphatic rings. The van der Waals surface area contributed by atoms with Gasteiger partial charge < -0.3 is 20.1 Å². The number of amides is 2. The second kappa shape index (κ2) is 9.90. The Kier molecular flexibility index (Phi) is 7.24. The van der Waals surface area contributed by atoms with Crippen molar-refractivity contribution >= 4 is 33.2 Å². The van der Waals surface area contributed by atoms with Crippen molar-refractivity contribution in [1.29, 1.82) is 0 Å². The van der Waals surface area contributed by atoms with Crippen LogP contribution in [-0.4, -0.2) is 45.9 Å². The number of nitrogens with zero attached hydrogens (tertiary/aromatic N) is 1. The molecule has 0 unspecified atom stereocenters. The van der Waals surface area contributed by atoms with Crippen LogP contribution in [0.1, 0.15) is 37.0 Å². The Hall–Kier alpha value is -3.27. The van der Waals surface area contributed by atoms with Crippen LogP contribution in [0.2, 0.25) is 0 Å². The van der Waals surface area contributed by atoms with Gasteiger partial charge in [-0.2, -0.15) is 0 Å². The Balaban J connectivity index is 1.63. The third-order valence-electron chi connectivity index (χ3n) is 4.68. The van der Waals surface area contributed by atoms with Gasteiger partial charge in [0, 0.05) is 25.1 Å². The second-order valence-electron chi connectivity index (χ2n) is 7.70. The van der Waals surface area contributed by atoms with E-state index in [0.29, 0.717) is 28.4 Å². The number of para-hydroxylation sites is 1. The van der Waals surface area contributed by atoms with Crippen LogP contribution in [0.25, 0.3) is 0 Å². The fourth-order valence-electron chi connectivity index (χ4n) is 3.25. The van der Waals surface area contributed by atoms with E-state index < -0.39 is 10.0 Å². The molecule has 10 heteroatoms. The number of hydrogen-bond donors (Lipinski definition) is 2. The Morgan fingerprint density at radius 1 is 1.09 bits per heavy atom. The number of anilines is 2. The molecule has 0 bridgehead atoms. The van der Waals surface area contributed by atoms with Crippen molar-refractivity contribution in [3.8, 4) is 11.5 Å². The van der Waals surface area contributed by atoms with E-state index in [1.54, 1.807) is 42.5 Å². The van der Waals surface area contributed by atoms with E-state index in [-0.39, 0.29) is 44.0 Å². The number of carbonyl (C=O) groups excluding carboxylic acids is 2. The lowest BCUT2D eigenvalue weighted by atomic mass is 10.1. The molecule has 0 atom stereocenters. The average molecular weight is 462 g/mol. The molecule has 2 aromatic carbocycles. The summed E-state index contributed by atoms with van der Waals surface area (Å²) in [5.74, 6) is 0.447. The summed E-state index contributed by atoms with van der Waals surface area (Å²) < 4.78 is 36.4. The van der Waals surface area contributed by atoms with Gasteiger partial charge in [-0.15, -0.1) is 0 Å². The molecule has 2 N–H and O–H groups in total. The lowest BCUT2D eigenvalue weighted by Gasteiger charge is -2.22. The van der Waals surface area contributed by atoms with Crippen molar-refractivity contribution in [2.75, 3.05) is 29.2 Å². The SMILES string of the molecule is CC(C)NC(=O)c1ccccc1NC(=O)CCCN(c1ccc2c(c1)OCO2)S(C)(=O)=O. The minimum absolute atomic E-state index is 0.0376. The first kappa shape index (κ1) is 23.4. The minimum Gasteiger partial charge on any atom is -0.454 e. The quantitative estimate of drug-likeness (QED) is 0.594. The van der Waals surface area contributed by atoms with Crippen molar-refractivity contribution in [1.82, 2.24) is 5.32 Å². The Morgan fingerprint density at radius 2 is 1.81 bits per heavy atom. The van der Waals surface area contributed by atoms with Crippen LogP contribution < -0.4 is 24.4 Å². The lowest BCUT2D eigenvalue weighted by molar-refractivity contribution is -0.116. The van der Waals surface area contributed by atoms with E-state index in [0.717, 1.165) is 6.26 Å². The maximum Gasteiger partial charge on any atom is 0.253 e. The summed E-state index contributed by atoms with van der Waals surface area (Å²) in [6.07, 6.45) is 1.48. The highest BCUT2D eigenvalue weighted by molar-refractivity contribution is 7.92. The number of fused-ring (bicyclic) bond motifs is 1. The molecule has 9 nitrogen and oxygen atoms in total. The van der Waals surface area contributed by atoms with Gasteiger partial charge in [0.15, 0.2) is 11.5 Å². The summed E-state index contributed by atoms with van der Waals surface area (Å²) in [6, 6.07) is 11.6. The maximum absolute atomic E-state index is 12.5. The molecule has 0 saturated carbocycles. The van der Waals surface area contributed by atoms with Crippen molar-refractivity contribution in [2.45, 2.75) is 32.7 Å². The zero-order chi connectivity index (χ0) is 23.3. The molecular weight excluding hydrogens is 434 g/mol.